The molecule has 0 aromatic carbocycles. The Hall–Kier alpha value is -1.06. The van der Waals surface area contributed by atoms with Crippen molar-refractivity contribution >= 4 is 11.9 Å². The SMILES string of the molecule is [CH2]CC(=O)NC(N)=O. The van der Waals surface area contributed by atoms with E-state index in [1.54, 1.807) is 0 Å². The van der Waals surface area contributed by atoms with Crippen molar-refractivity contribution in [1.82, 2.24) is 5.32 Å². The fraction of sp³-hybridized carbons (Fsp3) is 0.250. The lowest BCUT2D eigenvalue weighted by atomic mass is 10.5. The zero-order valence-corrected chi connectivity index (χ0v) is 4.31. The molecule has 0 atom stereocenters. The molecule has 0 heterocycles. The van der Waals surface area contributed by atoms with Gasteiger partial charge in [0.1, 0.15) is 0 Å². The van der Waals surface area contributed by atoms with Gasteiger partial charge in [-0.2, -0.15) is 0 Å². The molecule has 3 N–H and O–H groups in total. The van der Waals surface area contributed by atoms with Gasteiger partial charge in [-0.3, -0.25) is 10.1 Å². The molecule has 0 aromatic heterocycles. The number of hydrogen-bond acceptors (Lipinski definition) is 2. The van der Waals surface area contributed by atoms with Crippen molar-refractivity contribution in [3.8, 4) is 0 Å². The Morgan fingerprint density at radius 1 is 1.62 bits per heavy atom. The number of nitrogens with one attached hydrogen (secondary N) is 1. The first-order valence-electron chi connectivity index (χ1n) is 2.05. The van der Waals surface area contributed by atoms with Crippen LogP contribution in [0.2, 0.25) is 0 Å². The average Bonchev–Trinajstić information content (AvgIpc) is 1.65. The van der Waals surface area contributed by atoms with Crippen LogP contribution in [0, 0.1) is 6.92 Å². The van der Waals surface area contributed by atoms with E-state index >= 15 is 0 Å². The number of nitrogens with two attached hydrogens (primary N) is 1. The second kappa shape index (κ2) is 3.01. The Labute approximate surface area is 47.0 Å². The van der Waals surface area contributed by atoms with E-state index in [2.05, 4.69) is 12.7 Å². The number of primary amides is 1. The van der Waals surface area contributed by atoms with E-state index in [9.17, 15) is 9.59 Å². The fourth-order valence-electron chi connectivity index (χ4n) is 0.200. The van der Waals surface area contributed by atoms with E-state index in [-0.39, 0.29) is 6.42 Å². The van der Waals surface area contributed by atoms with Gasteiger partial charge in [-0.05, 0) is 6.92 Å². The normalized spacial score (nSPS) is 8.12. The van der Waals surface area contributed by atoms with E-state index in [1.165, 1.54) is 0 Å². The Balaban J connectivity index is 3.40. The second-order valence-electron chi connectivity index (χ2n) is 1.16. The maximum atomic E-state index is 10.1. The summed E-state index contributed by atoms with van der Waals surface area (Å²) in [6, 6.07) is -0.835. The first kappa shape index (κ1) is 6.94. The van der Waals surface area contributed by atoms with Crippen LogP contribution in [0.15, 0.2) is 0 Å². The van der Waals surface area contributed by atoms with Crippen LogP contribution in [0.5, 0.6) is 0 Å². The third-order valence-electron chi connectivity index (χ3n) is 0.490. The average molecular weight is 115 g/mol. The highest BCUT2D eigenvalue weighted by molar-refractivity contribution is 5.93. The molecular formula is C4H7N2O2. The lowest BCUT2D eigenvalue weighted by Gasteiger charge is -1.92. The summed E-state index contributed by atoms with van der Waals surface area (Å²) in [6.45, 7) is 3.22. The molecular weight excluding hydrogens is 108 g/mol. The van der Waals surface area contributed by atoms with Gasteiger partial charge in [0.05, 0.1) is 0 Å². The van der Waals surface area contributed by atoms with Crippen molar-refractivity contribution in [2.24, 2.45) is 5.73 Å². The molecule has 4 nitrogen and oxygen atoms in total. The molecule has 0 bridgehead atoms. The fourth-order valence-corrected chi connectivity index (χ4v) is 0.200. The topological polar surface area (TPSA) is 72.2 Å². The highest BCUT2D eigenvalue weighted by Gasteiger charge is 1.97. The van der Waals surface area contributed by atoms with E-state index in [0.717, 1.165) is 0 Å². The number of hydrogen-bond donors (Lipinski definition) is 2. The standard InChI is InChI=1S/C4H7N2O2/c1-2-3(7)6-4(5)8/h1-2H2,(H3,5,6,7,8). The molecule has 0 aliphatic carbocycles. The number of imide groups is 1. The van der Waals surface area contributed by atoms with Crippen molar-refractivity contribution in [1.29, 1.82) is 0 Å². The molecule has 8 heavy (non-hydrogen) atoms. The summed E-state index contributed by atoms with van der Waals surface area (Å²) in [4.78, 5) is 20.0. The van der Waals surface area contributed by atoms with E-state index in [4.69, 9.17) is 0 Å². The number of amides is 3. The Kier molecular flexibility index (Phi) is 2.61. The van der Waals surface area contributed by atoms with Crippen LogP contribution in [-0.2, 0) is 4.79 Å². The van der Waals surface area contributed by atoms with Crippen LogP contribution >= 0.6 is 0 Å². The van der Waals surface area contributed by atoms with Crippen molar-refractivity contribution in [2.75, 3.05) is 0 Å². The molecule has 0 saturated carbocycles. The predicted molar refractivity (Wildman–Crippen MR) is 27.7 cm³/mol. The summed E-state index contributed by atoms with van der Waals surface area (Å²) in [5, 5.41) is 1.83. The zero-order chi connectivity index (χ0) is 6.57. The van der Waals surface area contributed by atoms with Crippen LogP contribution in [0.3, 0.4) is 0 Å². The van der Waals surface area contributed by atoms with Gasteiger partial charge in [0.25, 0.3) is 0 Å². The highest BCUT2D eigenvalue weighted by atomic mass is 16.2. The van der Waals surface area contributed by atoms with Crippen LogP contribution in [0.4, 0.5) is 4.79 Å². The van der Waals surface area contributed by atoms with E-state index in [0.29, 0.717) is 0 Å². The third-order valence-corrected chi connectivity index (χ3v) is 0.490. The van der Waals surface area contributed by atoms with E-state index in [1.807, 2.05) is 5.32 Å². The van der Waals surface area contributed by atoms with E-state index < -0.39 is 11.9 Å². The molecule has 1 radical (unpaired) electrons. The van der Waals surface area contributed by atoms with Crippen LogP contribution in [0.1, 0.15) is 6.42 Å². The van der Waals surface area contributed by atoms with Gasteiger partial charge in [-0.1, -0.05) is 0 Å². The van der Waals surface area contributed by atoms with Crippen molar-refractivity contribution < 1.29 is 9.59 Å². The molecule has 0 aromatic rings. The second-order valence-corrected chi connectivity index (χ2v) is 1.16. The highest BCUT2D eigenvalue weighted by Crippen LogP contribution is 1.70. The summed E-state index contributed by atoms with van der Waals surface area (Å²) in [6.07, 6.45) is 0.0307. The van der Waals surface area contributed by atoms with Gasteiger partial charge in [0.15, 0.2) is 0 Å². The molecule has 0 aliphatic heterocycles. The van der Waals surface area contributed by atoms with Crippen molar-refractivity contribution in [3.05, 3.63) is 6.92 Å². The number of rotatable bonds is 1. The minimum atomic E-state index is -0.835. The predicted octanol–water partition coefficient (Wildman–Crippen LogP) is -0.595. The lowest BCUT2D eigenvalue weighted by molar-refractivity contribution is -0.119. The minimum absolute atomic E-state index is 0.0307. The number of carbonyl (C=O) groups excluding carboxylic acids is 2. The molecule has 0 saturated heterocycles. The maximum Gasteiger partial charge on any atom is 0.318 e. The minimum Gasteiger partial charge on any atom is -0.351 e. The molecule has 0 aliphatic rings. The Morgan fingerprint density at radius 3 is 2.25 bits per heavy atom. The summed E-state index contributed by atoms with van der Waals surface area (Å²) in [7, 11) is 0. The largest absolute Gasteiger partial charge is 0.351 e. The summed E-state index contributed by atoms with van der Waals surface area (Å²) in [5.74, 6) is -0.461. The van der Waals surface area contributed by atoms with Crippen LogP contribution in [-0.4, -0.2) is 11.9 Å². The van der Waals surface area contributed by atoms with Gasteiger partial charge in [0.2, 0.25) is 5.91 Å². The smallest absolute Gasteiger partial charge is 0.318 e. The molecule has 0 unspecified atom stereocenters. The van der Waals surface area contributed by atoms with Gasteiger partial charge in [-0.25, -0.2) is 4.79 Å². The Bertz CT molecular complexity index is 111. The molecule has 45 valence electrons. The van der Waals surface area contributed by atoms with Crippen LogP contribution in [0.25, 0.3) is 0 Å². The molecule has 4 heteroatoms. The van der Waals surface area contributed by atoms with Crippen molar-refractivity contribution in [2.45, 2.75) is 6.42 Å². The van der Waals surface area contributed by atoms with Gasteiger partial charge < -0.3 is 5.73 Å². The van der Waals surface area contributed by atoms with Gasteiger partial charge in [0, 0.05) is 6.42 Å². The van der Waals surface area contributed by atoms with Gasteiger partial charge >= 0.3 is 6.03 Å². The number of carbonyl (C=O) groups is 2. The maximum absolute atomic E-state index is 10.1. The zero-order valence-electron chi connectivity index (χ0n) is 4.31. The molecule has 0 rings (SSSR count). The molecule has 3 amide bonds. The first-order valence-corrected chi connectivity index (χ1v) is 2.05. The first-order chi connectivity index (χ1) is 3.66. The summed E-state index contributed by atoms with van der Waals surface area (Å²) in [5.41, 5.74) is 4.57. The quantitative estimate of drug-likeness (QED) is 0.479. The van der Waals surface area contributed by atoms with Crippen molar-refractivity contribution in [3.63, 3.8) is 0 Å². The molecule has 0 fully saturated rings. The van der Waals surface area contributed by atoms with Gasteiger partial charge in [-0.15, -0.1) is 0 Å². The molecule has 0 spiro atoms. The monoisotopic (exact) mass is 115 g/mol. The third kappa shape index (κ3) is 3.14. The summed E-state index contributed by atoms with van der Waals surface area (Å²) < 4.78 is 0. The Morgan fingerprint density at radius 2 is 2.12 bits per heavy atom. The lowest BCUT2D eigenvalue weighted by Crippen LogP contribution is -2.34. The van der Waals surface area contributed by atoms with Crippen LogP contribution < -0.4 is 11.1 Å². The number of urea groups is 1. The summed E-state index contributed by atoms with van der Waals surface area (Å²) >= 11 is 0.